The Morgan fingerprint density at radius 3 is 2.58 bits per heavy atom. The van der Waals surface area contributed by atoms with E-state index in [1.54, 1.807) is 26.0 Å². The maximum absolute atomic E-state index is 12.6. The average molecular weight is 413 g/mol. The number of rotatable bonds is 5. The molecule has 138 valence electrons. The van der Waals surface area contributed by atoms with Crippen molar-refractivity contribution in [1.82, 2.24) is 4.90 Å². The molecule has 0 bridgehead atoms. The Balaban J connectivity index is 2.12. The SMILES string of the molecule is CCOC(=O)C1=C(C)N=C2SC=CN2[C@@H]1c1cc(Cl)c(OCC)c(Cl)c1. The van der Waals surface area contributed by atoms with E-state index in [1.807, 2.05) is 23.4 Å². The highest BCUT2D eigenvalue weighted by Crippen LogP contribution is 2.44. The third kappa shape index (κ3) is 3.46. The molecule has 8 heteroatoms. The molecule has 26 heavy (non-hydrogen) atoms. The van der Waals surface area contributed by atoms with Gasteiger partial charge in [-0.05, 0) is 43.9 Å². The van der Waals surface area contributed by atoms with Crippen LogP contribution in [0.2, 0.25) is 10.0 Å². The van der Waals surface area contributed by atoms with Gasteiger partial charge in [-0.15, -0.1) is 0 Å². The molecule has 0 spiro atoms. The first kappa shape index (κ1) is 19.1. The molecule has 1 aromatic carbocycles. The van der Waals surface area contributed by atoms with Gasteiger partial charge in [0.25, 0.3) is 0 Å². The van der Waals surface area contributed by atoms with E-state index in [9.17, 15) is 4.79 Å². The summed E-state index contributed by atoms with van der Waals surface area (Å²) in [7, 11) is 0. The molecular formula is C18H18Cl2N2O3S. The van der Waals surface area contributed by atoms with Crippen LogP contribution in [-0.4, -0.2) is 29.3 Å². The third-order valence-electron chi connectivity index (χ3n) is 3.94. The molecule has 2 heterocycles. The summed E-state index contributed by atoms with van der Waals surface area (Å²) in [4.78, 5) is 19.1. The van der Waals surface area contributed by atoms with E-state index in [2.05, 4.69) is 4.99 Å². The molecule has 5 nitrogen and oxygen atoms in total. The summed E-state index contributed by atoms with van der Waals surface area (Å²) in [5.74, 6) is 0.0400. The minimum absolute atomic E-state index is 0.286. The first-order valence-corrected chi connectivity index (χ1v) is 9.81. The number of amidine groups is 1. The standard InChI is InChI=1S/C18H18Cl2N2O3S/c1-4-24-16-12(19)8-11(9-13(16)20)15-14(17(23)25-5-2)10(3)21-18-22(15)6-7-26-18/h6-9,15H,4-5H2,1-3H3/t15-/m1/s1. The zero-order valence-corrected chi connectivity index (χ0v) is 16.9. The molecule has 0 N–H and O–H groups in total. The Morgan fingerprint density at radius 1 is 1.27 bits per heavy atom. The monoisotopic (exact) mass is 412 g/mol. The Kier molecular flexibility index (Phi) is 5.85. The lowest BCUT2D eigenvalue weighted by Crippen LogP contribution is -2.34. The fourth-order valence-corrected chi connectivity index (χ4v) is 4.32. The number of hydrogen-bond acceptors (Lipinski definition) is 6. The topological polar surface area (TPSA) is 51.1 Å². The summed E-state index contributed by atoms with van der Waals surface area (Å²) in [6.45, 7) is 6.18. The molecule has 1 aromatic rings. The van der Waals surface area contributed by atoms with Crippen molar-refractivity contribution in [3.63, 3.8) is 0 Å². The number of aliphatic imine (C=N–C) groups is 1. The van der Waals surface area contributed by atoms with Crippen LogP contribution in [0.25, 0.3) is 0 Å². The van der Waals surface area contributed by atoms with Gasteiger partial charge in [-0.3, -0.25) is 0 Å². The Bertz CT molecular complexity index is 813. The predicted octanol–water partition coefficient (Wildman–Crippen LogP) is 5.16. The third-order valence-corrected chi connectivity index (χ3v) is 5.27. The van der Waals surface area contributed by atoms with Crippen molar-refractivity contribution in [2.24, 2.45) is 4.99 Å². The van der Waals surface area contributed by atoms with E-state index >= 15 is 0 Å². The molecule has 2 aliphatic heterocycles. The Labute approximate surface area is 166 Å². The van der Waals surface area contributed by atoms with Crippen molar-refractivity contribution in [2.45, 2.75) is 26.8 Å². The van der Waals surface area contributed by atoms with Crippen molar-refractivity contribution in [3.05, 3.63) is 50.6 Å². The van der Waals surface area contributed by atoms with Gasteiger partial charge in [0.15, 0.2) is 10.9 Å². The summed E-state index contributed by atoms with van der Waals surface area (Å²) in [6, 6.07) is 3.13. The molecule has 0 saturated carbocycles. The van der Waals surface area contributed by atoms with Crippen molar-refractivity contribution >= 4 is 46.1 Å². The highest BCUT2D eigenvalue weighted by molar-refractivity contribution is 8.16. The van der Waals surface area contributed by atoms with Crippen molar-refractivity contribution in [1.29, 1.82) is 0 Å². The first-order valence-electron chi connectivity index (χ1n) is 8.17. The molecule has 0 aromatic heterocycles. The lowest BCUT2D eigenvalue weighted by Gasteiger charge is -2.33. The molecular weight excluding hydrogens is 395 g/mol. The van der Waals surface area contributed by atoms with Crippen LogP contribution in [0.4, 0.5) is 0 Å². The maximum Gasteiger partial charge on any atom is 0.338 e. The van der Waals surface area contributed by atoms with Crippen LogP contribution in [0, 0.1) is 0 Å². The molecule has 0 unspecified atom stereocenters. The number of carbonyl (C=O) groups is 1. The summed E-state index contributed by atoms with van der Waals surface area (Å²) < 4.78 is 10.8. The lowest BCUT2D eigenvalue weighted by molar-refractivity contribution is -0.139. The number of esters is 1. The average Bonchev–Trinajstić information content (AvgIpc) is 3.04. The van der Waals surface area contributed by atoms with E-state index in [4.69, 9.17) is 32.7 Å². The van der Waals surface area contributed by atoms with Crippen LogP contribution in [0.15, 0.2) is 40.0 Å². The lowest BCUT2D eigenvalue weighted by atomic mass is 9.94. The van der Waals surface area contributed by atoms with Gasteiger partial charge in [0.05, 0.1) is 40.6 Å². The van der Waals surface area contributed by atoms with Crippen LogP contribution in [0.5, 0.6) is 5.75 Å². The molecule has 0 aliphatic carbocycles. The van der Waals surface area contributed by atoms with Crippen molar-refractivity contribution in [2.75, 3.05) is 13.2 Å². The molecule has 1 atom stereocenters. The van der Waals surface area contributed by atoms with Gasteiger partial charge in [-0.25, -0.2) is 9.79 Å². The Morgan fingerprint density at radius 2 is 1.96 bits per heavy atom. The van der Waals surface area contributed by atoms with Gasteiger partial charge in [-0.1, -0.05) is 35.0 Å². The summed E-state index contributed by atoms with van der Waals surface area (Å²) in [5.41, 5.74) is 1.86. The Hall–Kier alpha value is -1.63. The van der Waals surface area contributed by atoms with E-state index in [-0.39, 0.29) is 6.61 Å². The number of carbonyl (C=O) groups excluding carboxylic acids is 1. The van der Waals surface area contributed by atoms with Crippen LogP contribution >= 0.6 is 35.0 Å². The number of thioether (sulfide) groups is 1. The summed E-state index contributed by atoms with van der Waals surface area (Å²) in [6.07, 6.45) is 1.89. The minimum atomic E-state index is -0.418. The molecule has 0 amide bonds. The number of ether oxygens (including phenoxy) is 2. The van der Waals surface area contributed by atoms with E-state index < -0.39 is 12.0 Å². The van der Waals surface area contributed by atoms with E-state index in [0.29, 0.717) is 33.7 Å². The number of fused-ring (bicyclic) bond motifs is 1. The summed E-state index contributed by atoms with van der Waals surface area (Å²) >= 11 is 14.3. The van der Waals surface area contributed by atoms with Gasteiger partial charge < -0.3 is 14.4 Å². The van der Waals surface area contributed by atoms with Gasteiger partial charge in [0.2, 0.25) is 0 Å². The number of hydrogen-bond donors (Lipinski definition) is 0. The van der Waals surface area contributed by atoms with Crippen LogP contribution < -0.4 is 4.74 Å². The number of halogens is 2. The molecule has 0 radical (unpaired) electrons. The fraction of sp³-hybridized carbons (Fsp3) is 0.333. The van der Waals surface area contributed by atoms with Gasteiger partial charge in [0.1, 0.15) is 0 Å². The molecule has 0 saturated heterocycles. The van der Waals surface area contributed by atoms with Gasteiger partial charge >= 0.3 is 5.97 Å². The largest absolute Gasteiger partial charge is 0.491 e. The highest BCUT2D eigenvalue weighted by atomic mass is 35.5. The van der Waals surface area contributed by atoms with Crippen LogP contribution in [0.1, 0.15) is 32.4 Å². The number of nitrogens with zero attached hydrogens (tertiary/aromatic N) is 2. The fourth-order valence-electron chi connectivity index (χ4n) is 2.92. The molecule has 3 rings (SSSR count). The van der Waals surface area contributed by atoms with Crippen molar-refractivity contribution < 1.29 is 14.3 Å². The highest BCUT2D eigenvalue weighted by Gasteiger charge is 2.38. The van der Waals surface area contributed by atoms with Gasteiger partial charge in [-0.2, -0.15) is 0 Å². The van der Waals surface area contributed by atoms with Crippen LogP contribution in [-0.2, 0) is 9.53 Å². The van der Waals surface area contributed by atoms with E-state index in [1.165, 1.54) is 11.8 Å². The quantitative estimate of drug-likeness (QED) is 0.625. The zero-order valence-electron chi connectivity index (χ0n) is 14.6. The van der Waals surface area contributed by atoms with Crippen molar-refractivity contribution in [3.8, 4) is 5.75 Å². The molecule has 0 fully saturated rings. The molecule has 2 aliphatic rings. The normalized spacial score (nSPS) is 18.7. The first-order chi connectivity index (χ1) is 12.5. The second kappa shape index (κ2) is 7.94. The second-order valence-electron chi connectivity index (χ2n) is 5.57. The smallest absolute Gasteiger partial charge is 0.338 e. The maximum atomic E-state index is 12.6. The van der Waals surface area contributed by atoms with E-state index in [0.717, 1.165) is 10.7 Å². The predicted molar refractivity (Wildman–Crippen MR) is 106 cm³/mol. The van der Waals surface area contributed by atoms with Crippen LogP contribution in [0.3, 0.4) is 0 Å². The minimum Gasteiger partial charge on any atom is -0.491 e. The zero-order chi connectivity index (χ0) is 18.8. The van der Waals surface area contributed by atoms with Gasteiger partial charge in [0, 0.05) is 6.20 Å². The number of allylic oxidation sites excluding steroid dienone is 1. The second-order valence-corrected chi connectivity index (χ2v) is 7.26. The summed E-state index contributed by atoms with van der Waals surface area (Å²) in [5, 5.41) is 3.51. The number of benzene rings is 1.